The number of nitrogens with one attached hydrogen (secondary N) is 1. The van der Waals surface area contributed by atoms with E-state index in [9.17, 15) is 0 Å². The lowest BCUT2D eigenvalue weighted by Gasteiger charge is -2.13. The summed E-state index contributed by atoms with van der Waals surface area (Å²) in [5.74, 6) is 0.495. The first-order chi connectivity index (χ1) is 8.56. The fourth-order valence-corrected chi connectivity index (χ4v) is 1.68. The van der Waals surface area contributed by atoms with E-state index >= 15 is 0 Å². The zero-order valence-corrected chi connectivity index (χ0v) is 11.5. The highest BCUT2D eigenvalue weighted by Gasteiger charge is 2.04. The van der Waals surface area contributed by atoms with Crippen LogP contribution < -0.4 is 10.2 Å². The largest absolute Gasteiger partial charge is 0.378 e. The van der Waals surface area contributed by atoms with Crippen LogP contribution in [0.3, 0.4) is 0 Å². The molecule has 18 heavy (non-hydrogen) atoms. The summed E-state index contributed by atoms with van der Waals surface area (Å²) in [7, 11) is 3.98. The summed E-state index contributed by atoms with van der Waals surface area (Å²) < 4.78 is 0. The quantitative estimate of drug-likeness (QED) is 0.874. The Balaban J connectivity index is 2.21. The number of hydrogen-bond donors (Lipinski definition) is 1. The van der Waals surface area contributed by atoms with E-state index in [2.05, 4.69) is 15.3 Å². The second kappa shape index (κ2) is 5.42. The first-order valence-electron chi connectivity index (χ1n) is 5.29. The van der Waals surface area contributed by atoms with Gasteiger partial charge in [-0.1, -0.05) is 11.6 Å². The first kappa shape index (κ1) is 12.9. The van der Waals surface area contributed by atoms with Gasteiger partial charge in [-0.05, 0) is 35.9 Å². The molecule has 2 aromatic rings. The number of anilines is 3. The van der Waals surface area contributed by atoms with E-state index in [0.717, 1.165) is 11.4 Å². The summed E-state index contributed by atoms with van der Waals surface area (Å²) in [5, 5.41) is 3.68. The van der Waals surface area contributed by atoms with Gasteiger partial charge in [0, 0.05) is 25.5 Å². The van der Waals surface area contributed by atoms with Crippen molar-refractivity contribution < 1.29 is 0 Å². The van der Waals surface area contributed by atoms with Crippen molar-refractivity contribution in [1.82, 2.24) is 9.97 Å². The average molecular weight is 283 g/mol. The zero-order valence-electron chi connectivity index (χ0n) is 9.98. The number of rotatable bonds is 3. The van der Waals surface area contributed by atoms with Crippen LogP contribution in [0.4, 0.5) is 17.2 Å². The van der Waals surface area contributed by atoms with Crippen molar-refractivity contribution in [3.8, 4) is 0 Å². The fraction of sp³-hybridized carbons (Fsp3) is 0.167. The third-order valence-corrected chi connectivity index (χ3v) is 2.82. The Hall–Kier alpha value is -1.52. The predicted molar refractivity (Wildman–Crippen MR) is 76.1 cm³/mol. The molecule has 0 saturated heterocycles. The summed E-state index contributed by atoms with van der Waals surface area (Å²) in [6.07, 6.45) is 1.47. The molecule has 0 fully saturated rings. The molecule has 2 rings (SSSR count). The molecule has 1 aromatic carbocycles. The smallest absolute Gasteiger partial charge is 0.224 e. The van der Waals surface area contributed by atoms with E-state index in [1.165, 1.54) is 6.20 Å². The topological polar surface area (TPSA) is 41.0 Å². The molecule has 1 heterocycles. The number of benzene rings is 1. The van der Waals surface area contributed by atoms with Gasteiger partial charge < -0.3 is 10.2 Å². The van der Waals surface area contributed by atoms with Crippen LogP contribution in [0.15, 0.2) is 30.5 Å². The maximum atomic E-state index is 5.97. The number of halogens is 2. The Morgan fingerprint density at radius 1 is 1.11 bits per heavy atom. The molecule has 94 valence electrons. The number of aromatic nitrogens is 2. The highest BCUT2D eigenvalue weighted by molar-refractivity contribution is 6.33. The van der Waals surface area contributed by atoms with E-state index in [1.807, 2.05) is 43.3 Å². The van der Waals surface area contributed by atoms with E-state index in [0.29, 0.717) is 10.8 Å². The van der Waals surface area contributed by atoms with Crippen LogP contribution in [0.1, 0.15) is 0 Å². The van der Waals surface area contributed by atoms with Crippen LogP contribution in [-0.2, 0) is 0 Å². The molecule has 1 N–H and O–H groups in total. The molecule has 0 spiro atoms. The van der Waals surface area contributed by atoms with Crippen LogP contribution in [-0.4, -0.2) is 24.1 Å². The van der Waals surface area contributed by atoms with Crippen molar-refractivity contribution >= 4 is 40.4 Å². The van der Waals surface area contributed by atoms with E-state index in [1.54, 1.807) is 0 Å². The van der Waals surface area contributed by atoms with Gasteiger partial charge in [0.25, 0.3) is 0 Å². The maximum absolute atomic E-state index is 5.97. The highest BCUT2D eigenvalue weighted by Crippen LogP contribution is 2.24. The second-order valence-corrected chi connectivity index (χ2v) is 4.65. The molecule has 0 aliphatic heterocycles. The van der Waals surface area contributed by atoms with Gasteiger partial charge in [0.1, 0.15) is 5.02 Å². The van der Waals surface area contributed by atoms with Crippen molar-refractivity contribution in [2.75, 3.05) is 24.3 Å². The molecule has 4 nitrogen and oxygen atoms in total. The zero-order chi connectivity index (χ0) is 13.1. The minimum Gasteiger partial charge on any atom is -0.378 e. The van der Waals surface area contributed by atoms with Crippen molar-refractivity contribution in [3.63, 3.8) is 0 Å². The molecule has 1 aromatic heterocycles. The minimum absolute atomic E-state index is 0.159. The lowest BCUT2D eigenvalue weighted by Crippen LogP contribution is -2.08. The summed E-state index contributed by atoms with van der Waals surface area (Å²) in [6, 6.07) is 7.89. The van der Waals surface area contributed by atoms with Gasteiger partial charge in [-0.25, -0.2) is 4.98 Å². The Morgan fingerprint density at radius 3 is 2.39 bits per heavy atom. The summed E-state index contributed by atoms with van der Waals surface area (Å²) >= 11 is 11.7. The second-order valence-electron chi connectivity index (χ2n) is 3.90. The monoisotopic (exact) mass is 282 g/mol. The Labute approximate surface area is 116 Å². The molecule has 0 aliphatic carbocycles. The SMILES string of the molecule is CN(C)c1ccc(Nc2nc(Cl)ncc2Cl)cc1. The molecule has 0 saturated carbocycles. The molecule has 0 unspecified atom stereocenters. The summed E-state index contributed by atoms with van der Waals surface area (Å²) in [5.41, 5.74) is 2.00. The maximum Gasteiger partial charge on any atom is 0.224 e. The third-order valence-electron chi connectivity index (χ3n) is 2.36. The Bertz CT molecular complexity index is 540. The van der Waals surface area contributed by atoms with Crippen LogP contribution >= 0.6 is 23.2 Å². The molecule has 0 atom stereocenters. The van der Waals surface area contributed by atoms with Gasteiger partial charge in [-0.15, -0.1) is 0 Å². The first-order valence-corrected chi connectivity index (χ1v) is 6.04. The van der Waals surface area contributed by atoms with Crippen LogP contribution in [0, 0.1) is 0 Å². The number of nitrogens with zero attached hydrogens (tertiary/aromatic N) is 3. The van der Waals surface area contributed by atoms with Crippen molar-refractivity contribution in [1.29, 1.82) is 0 Å². The van der Waals surface area contributed by atoms with E-state index in [4.69, 9.17) is 23.2 Å². The van der Waals surface area contributed by atoms with E-state index in [-0.39, 0.29) is 5.28 Å². The van der Waals surface area contributed by atoms with Crippen LogP contribution in [0.2, 0.25) is 10.3 Å². The Kier molecular flexibility index (Phi) is 3.89. The minimum atomic E-state index is 0.159. The standard InChI is InChI=1S/C12H12Cl2N4/c1-18(2)9-5-3-8(4-6-9)16-11-10(13)7-15-12(14)17-11/h3-7H,1-2H3,(H,15,16,17). The Morgan fingerprint density at radius 2 is 1.78 bits per heavy atom. The van der Waals surface area contributed by atoms with Crippen LogP contribution in [0.25, 0.3) is 0 Å². The molecule has 0 radical (unpaired) electrons. The molecule has 0 bridgehead atoms. The normalized spacial score (nSPS) is 10.2. The van der Waals surface area contributed by atoms with Crippen molar-refractivity contribution in [3.05, 3.63) is 40.8 Å². The van der Waals surface area contributed by atoms with E-state index < -0.39 is 0 Å². The molecule has 0 amide bonds. The van der Waals surface area contributed by atoms with Gasteiger partial charge in [-0.3, -0.25) is 0 Å². The molecule has 0 aliphatic rings. The highest BCUT2D eigenvalue weighted by atomic mass is 35.5. The molecule has 6 heteroatoms. The predicted octanol–water partition coefficient (Wildman–Crippen LogP) is 3.59. The third kappa shape index (κ3) is 3.03. The van der Waals surface area contributed by atoms with Gasteiger partial charge in [0.2, 0.25) is 5.28 Å². The number of hydrogen-bond acceptors (Lipinski definition) is 4. The molecular weight excluding hydrogens is 271 g/mol. The average Bonchev–Trinajstić information content (AvgIpc) is 2.34. The van der Waals surface area contributed by atoms with Gasteiger partial charge in [0.15, 0.2) is 5.82 Å². The lowest BCUT2D eigenvalue weighted by molar-refractivity contribution is 1.13. The summed E-state index contributed by atoms with van der Waals surface area (Å²) in [6.45, 7) is 0. The van der Waals surface area contributed by atoms with Gasteiger partial charge >= 0.3 is 0 Å². The van der Waals surface area contributed by atoms with Crippen molar-refractivity contribution in [2.24, 2.45) is 0 Å². The van der Waals surface area contributed by atoms with Crippen LogP contribution in [0.5, 0.6) is 0 Å². The van der Waals surface area contributed by atoms with Gasteiger partial charge in [-0.2, -0.15) is 4.98 Å². The molecular formula is C12H12Cl2N4. The van der Waals surface area contributed by atoms with Gasteiger partial charge in [0.05, 0.1) is 6.20 Å². The van der Waals surface area contributed by atoms with Crippen molar-refractivity contribution in [2.45, 2.75) is 0 Å². The fourth-order valence-electron chi connectivity index (χ4n) is 1.41. The lowest BCUT2D eigenvalue weighted by atomic mass is 10.2. The summed E-state index contributed by atoms with van der Waals surface area (Å²) in [4.78, 5) is 9.85.